The number of hydrogen-bond acceptors (Lipinski definition) is 2. The lowest BCUT2D eigenvalue weighted by Gasteiger charge is -2.43. The first kappa shape index (κ1) is 16.8. The van der Waals surface area contributed by atoms with Crippen LogP contribution in [0.3, 0.4) is 0 Å². The summed E-state index contributed by atoms with van der Waals surface area (Å²) in [5.41, 5.74) is 1.00. The van der Waals surface area contributed by atoms with Crippen LogP contribution in [-0.2, 0) is 0 Å². The van der Waals surface area contributed by atoms with Gasteiger partial charge in [-0.25, -0.2) is 0 Å². The van der Waals surface area contributed by atoms with Crippen LogP contribution in [0.15, 0.2) is 18.2 Å². The van der Waals surface area contributed by atoms with Gasteiger partial charge in [0.2, 0.25) is 0 Å². The zero-order valence-electron chi connectivity index (χ0n) is 12.4. The van der Waals surface area contributed by atoms with E-state index in [1.807, 2.05) is 25.2 Å². The maximum absolute atomic E-state index is 6.35. The summed E-state index contributed by atoms with van der Waals surface area (Å²) in [4.78, 5) is 2.42. The van der Waals surface area contributed by atoms with E-state index in [4.69, 9.17) is 23.2 Å². The zero-order chi connectivity index (χ0) is 14.6. The summed E-state index contributed by atoms with van der Waals surface area (Å²) in [5.74, 6) is 0. The van der Waals surface area contributed by atoms with Gasteiger partial charge >= 0.3 is 0 Å². The molecule has 0 radical (unpaired) electrons. The highest BCUT2D eigenvalue weighted by Crippen LogP contribution is 2.35. The molecule has 1 unspecified atom stereocenters. The average molecular weight is 303 g/mol. The fourth-order valence-electron chi connectivity index (χ4n) is 2.85. The Labute approximate surface area is 127 Å². The fourth-order valence-corrected chi connectivity index (χ4v) is 3.25. The summed E-state index contributed by atoms with van der Waals surface area (Å²) >= 11 is 12.5. The Morgan fingerprint density at radius 3 is 2.26 bits per heavy atom. The number of nitrogens with one attached hydrogen (secondary N) is 1. The topological polar surface area (TPSA) is 15.3 Å². The Balaban J connectivity index is 3.22. The molecule has 0 saturated carbocycles. The molecule has 0 aliphatic carbocycles. The van der Waals surface area contributed by atoms with Crippen LogP contribution in [-0.4, -0.2) is 30.6 Å². The van der Waals surface area contributed by atoms with E-state index in [0.29, 0.717) is 0 Å². The molecule has 19 heavy (non-hydrogen) atoms. The highest BCUT2D eigenvalue weighted by molar-refractivity contribution is 6.33. The normalized spacial score (nSPS) is 13.9. The van der Waals surface area contributed by atoms with Gasteiger partial charge in [0, 0.05) is 15.6 Å². The van der Waals surface area contributed by atoms with Crippen molar-refractivity contribution in [1.82, 2.24) is 10.2 Å². The summed E-state index contributed by atoms with van der Waals surface area (Å²) in [6.45, 7) is 10.8. The maximum Gasteiger partial charge on any atom is 0.0514 e. The Morgan fingerprint density at radius 1 is 1.21 bits per heavy atom. The number of rotatable bonds is 6. The standard InChI is InChI=1S/C15H24Cl2N2/c1-6-19(7-2)15(3,4)14(18-5)12-10-11(16)8-9-13(12)17/h8-10,14,18H,6-7H2,1-5H3. The van der Waals surface area contributed by atoms with Gasteiger partial charge in [0.1, 0.15) is 0 Å². The molecule has 0 saturated heterocycles. The molecule has 0 bridgehead atoms. The van der Waals surface area contributed by atoms with Crippen molar-refractivity contribution in [2.75, 3.05) is 20.1 Å². The Kier molecular flexibility index (Phi) is 6.13. The van der Waals surface area contributed by atoms with E-state index in [9.17, 15) is 0 Å². The lowest BCUT2D eigenvalue weighted by atomic mass is 9.86. The van der Waals surface area contributed by atoms with Crippen LogP contribution in [0.4, 0.5) is 0 Å². The molecule has 4 heteroatoms. The predicted octanol–water partition coefficient (Wildman–Crippen LogP) is 4.37. The van der Waals surface area contributed by atoms with E-state index in [-0.39, 0.29) is 11.6 Å². The lowest BCUT2D eigenvalue weighted by Crippen LogP contribution is -2.52. The molecule has 0 aliphatic rings. The smallest absolute Gasteiger partial charge is 0.0514 e. The zero-order valence-corrected chi connectivity index (χ0v) is 13.9. The largest absolute Gasteiger partial charge is 0.311 e. The number of nitrogens with zero attached hydrogens (tertiary/aromatic N) is 1. The molecule has 0 heterocycles. The van der Waals surface area contributed by atoms with Gasteiger partial charge in [0.25, 0.3) is 0 Å². The van der Waals surface area contributed by atoms with Gasteiger partial charge in [-0.3, -0.25) is 4.90 Å². The minimum Gasteiger partial charge on any atom is -0.311 e. The van der Waals surface area contributed by atoms with E-state index < -0.39 is 0 Å². The quantitative estimate of drug-likeness (QED) is 0.839. The average Bonchev–Trinajstić information content (AvgIpc) is 2.35. The highest BCUT2D eigenvalue weighted by atomic mass is 35.5. The summed E-state index contributed by atoms with van der Waals surface area (Å²) in [6, 6.07) is 5.77. The van der Waals surface area contributed by atoms with E-state index in [2.05, 4.69) is 37.9 Å². The van der Waals surface area contributed by atoms with Crippen LogP contribution in [0.25, 0.3) is 0 Å². The predicted molar refractivity (Wildman–Crippen MR) is 85.3 cm³/mol. The minimum atomic E-state index is -0.0490. The molecule has 1 N–H and O–H groups in total. The number of hydrogen-bond donors (Lipinski definition) is 1. The van der Waals surface area contributed by atoms with E-state index in [1.165, 1.54) is 0 Å². The van der Waals surface area contributed by atoms with Gasteiger partial charge in [0.15, 0.2) is 0 Å². The molecule has 1 atom stereocenters. The first-order valence-electron chi connectivity index (χ1n) is 6.75. The van der Waals surface area contributed by atoms with E-state index >= 15 is 0 Å². The number of likely N-dealkylation sites (N-methyl/N-ethyl adjacent to an activating group) is 2. The number of halogens is 2. The number of benzene rings is 1. The summed E-state index contributed by atoms with van der Waals surface area (Å²) in [7, 11) is 1.97. The third-order valence-electron chi connectivity index (χ3n) is 3.84. The second kappa shape index (κ2) is 6.94. The first-order chi connectivity index (χ1) is 8.88. The first-order valence-corrected chi connectivity index (χ1v) is 7.51. The van der Waals surface area contributed by atoms with E-state index in [1.54, 1.807) is 0 Å². The van der Waals surface area contributed by atoms with Crippen LogP contribution >= 0.6 is 23.2 Å². The van der Waals surface area contributed by atoms with Gasteiger partial charge in [-0.15, -0.1) is 0 Å². The highest BCUT2D eigenvalue weighted by Gasteiger charge is 2.35. The van der Waals surface area contributed by atoms with Gasteiger partial charge in [-0.1, -0.05) is 37.0 Å². The molecule has 0 spiro atoms. The van der Waals surface area contributed by atoms with Crippen molar-refractivity contribution < 1.29 is 0 Å². The molecule has 0 aromatic heterocycles. The molecule has 0 amide bonds. The minimum absolute atomic E-state index is 0.0490. The third kappa shape index (κ3) is 3.63. The van der Waals surface area contributed by atoms with Crippen LogP contribution in [0.1, 0.15) is 39.3 Å². The van der Waals surface area contributed by atoms with Crippen molar-refractivity contribution in [2.45, 2.75) is 39.3 Å². The molecule has 1 aromatic rings. The molecular formula is C15H24Cl2N2. The Bertz CT molecular complexity index is 415. The van der Waals surface area contributed by atoms with E-state index in [0.717, 1.165) is 28.7 Å². The second-order valence-electron chi connectivity index (χ2n) is 5.21. The molecule has 2 nitrogen and oxygen atoms in total. The van der Waals surface area contributed by atoms with Gasteiger partial charge in [0.05, 0.1) is 6.04 Å². The van der Waals surface area contributed by atoms with Crippen molar-refractivity contribution >= 4 is 23.2 Å². The Morgan fingerprint density at radius 2 is 1.79 bits per heavy atom. The van der Waals surface area contributed by atoms with Crippen LogP contribution in [0.5, 0.6) is 0 Å². The van der Waals surface area contributed by atoms with Crippen LogP contribution in [0, 0.1) is 0 Å². The van der Waals surface area contributed by atoms with Gasteiger partial charge in [-0.2, -0.15) is 0 Å². The molecule has 0 aliphatic heterocycles. The van der Waals surface area contributed by atoms with Gasteiger partial charge < -0.3 is 5.32 Å². The molecule has 0 fully saturated rings. The summed E-state index contributed by atoms with van der Waals surface area (Å²) in [5, 5.41) is 4.86. The maximum atomic E-state index is 6.35. The lowest BCUT2D eigenvalue weighted by molar-refractivity contribution is 0.0945. The fraction of sp³-hybridized carbons (Fsp3) is 0.600. The van der Waals surface area contributed by atoms with Crippen molar-refractivity contribution in [1.29, 1.82) is 0 Å². The third-order valence-corrected chi connectivity index (χ3v) is 4.42. The summed E-state index contributed by atoms with van der Waals surface area (Å²) < 4.78 is 0. The molecule has 108 valence electrons. The van der Waals surface area contributed by atoms with Crippen molar-refractivity contribution in [3.63, 3.8) is 0 Å². The van der Waals surface area contributed by atoms with Crippen molar-refractivity contribution in [3.8, 4) is 0 Å². The Hall–Kier alpha value is -0.280. The van der Waals surface area contributed by atoms with Crippen molar-refractivity contribution in [3.05, 3.63) is 33.8 Å². The summed E-state index contributed by atoms with van der Waals surface area (Å²) in [6.07, 6.45) is 0. The monoisotopic (exact) mass is 302 g/mol. The molecular weight excluding hydrogens is 279 g/mol. The van der Waals surface area contributed by atoms with Crippen molar-refractivity contribution in [2.24, 2.45) is 0 Å². The second-order valence-corrected chi connectivity index (χ2v) is 6.06. The van der Waals surface area contributed by atoms with Crippen LogP contribution < -0.4 is 5.32 Å². The molecule has 1 rings (SSSR count). The molecule has 1 aromatic carbocycles. The SMILES string of the molecule is CCN(CC)C(C)(C)C(NC)c1cc(Cl)ccc1Cl. The van der Waals surface area contributed by atoms with Crippen LogP contribution in [0.2, 0.25) is 10.0 Å². The van der Waals surface area contributed by atoms with Gasteiger partial charge in [-0.05, 0) is 57.7 Å².